The number of amides is 1. The van der Waals surface area contributed by atoms with Crippen molar-refractivity contribution < 1.29 is 9.32 Å². The molecule has 2 aromatic rings. The van der Waals surface area contributed by atoms with Gasteiger partial charge < -0.3 is 15.2 Å². The van der Waals surface area contributed by atoms with Gasteiger partial charge in [0.1, 0.15) is 0 Å². The van der Waals surface area contributed by atoms with Crippen LogP contribution in [0.1, 0.15) is 50.8 Å². The van der Waals surface area contributed by atoms with E-state index in [1.54, 1.807) is 18.0 Å². The van der Waals surface area contributed by atoms with E-state index in [1.165, 1.54) is 0 Å². The van der Waals surface area contributed by atoms with Crippen LogP contribution in [0.5, 0.6) is 0 Å². The highest BCUT2D eigenvalue weighted by Gasteiger charge is 2.26. The number of carbonyl (C=O) groups is 1. The van der Waals surface area contributed by atoms with Crippen LogP contribution in [-0.2, 0) is 5.41 Å². The van der Waals surface area contributed by atoms with E-state index < -0.39 is 0 Å². The lowest BCUT2D eigenvalue weighted by Crippen LogP contribution is -2.39. The molecular weight excluding hydrogens is 316 g/mol. The van der Waals surface area contributed by atoms with Crippen LogP contribution in [0.3, 0.4) is 0 Å². The van der Waals surface area contributed by atoms with Gasteiger partial charge in [0.2, 0.25) is 0 Å². The van der Waals surface area contributed by atoms with E-state index in [1.807, 2.05) is 52.8 Å². The summed E-state index contributed by atoms with van der Waals surface area (Å²) in [6.45, 7) is 11.2. The maximum absolute atomic E-state index is 12.9. The molecule has 0 aliphatic heterocycles. The van der Waals surface area contributed by atoms with Crippen molar-refractivity contribution in [1.29, 1.82) is 0 Å². The van der Waals surface area contributed by atoms with E-state index in [9.17, 15) is 4.79 Å². The van der Waals surface area contributed by atoms with E-state index in [4.69, 9.17) is 10.3 Å². The molecule has 0 spiro atoms. The number of nitrogens with two attached hydrogens (primary N) is 1. The number of hydrogen-bond donors (Lipinski definition) is 1. The molecule has 0 saturated heterocycles. The van der Waals surface area contributed by atoms with Gasteiger partial charge in [0, 0.05) is 19.0 Å². The van der Waals surface area contributed by atoms with Gasteiger partial charge in [0.05, 0.1) is 11.1 Å². The molecule has 0 saturated carbocycles. The Morgan fingerprint density at radius 3 is 2.40 bits per heavy atom. The van der Waals surface area contributed by atoms with E-state index in [2.05, 4.69) is 10.1 Å². The Kier molecular flexibility index (Phi) is 5.32. The molecule has 1 amide bonds. The van der Waals surface area contributed by atoms with Crippen LogP contribution < -0.4 is 5.73 Å². The van der Waals surface area contributed by atoms with Gasteiger partial charge in [-0.15, -0.1) is 0 Å². The van der Waals surface area contributed by atoms with Crippen molar-refractivity contribution in [3.05, 3.63) is 35.7 Å². The average Bonchev–Trinajstić information content (AvgIpc) is 3.04. The highest BCUT2D eigenvalue weighted by Crippen LogP contribution is 2.27. The minimum Gasteiger partial charge on any atom is -0.341 e. The van der Waals surface area contributed by atoms with Crippen molar-refractivity contribution in [2.45, 2.75) is 40.0 Å². The molecule has 25 heavy (non-hydrogen) atoms. The first kappa shape index (κ1) is 19.1. The summed E-state index contributed by atoms with van der Waals surface area (Å²) in [7, 11) is 1.78. The minimum absolute atomic E-state index is 0.0902. The van der Waals surface area contributed by atoms with Gasteiger partial charge in [-0.05, 0) is 24.1 Å². The smallest absolute Gasteiger partial charge is 0.258 e. The molecule has 0 radical (unpaired) electrons. The van der Waals surface area contributed by atoms with Crippen molar-refractivity contribution in [2.75, 3.05) is 20.1 Å². The summed E-state index contributed by atoms with van der Waals surface area (Å²) in [5.74, 6) is 0.885. The van der Waals surface area contributed by atoms with Crippen LogP contribution in [0.2, 0.25) is 0 Å². The summed E-state index contributed by atoms with van der Waals surface area (Å²) >= 11 is 0. The average molecular weight is 344 g/mol. The van der Waals surface area contributed by atoms with Crippen molar-refractivity contribution >= 4 is 5.91 Å². The SMILES string of the molecule is CN(CC(C)(C)CN)C(=O)c1ccccc1-c1nc(C(C)(C)C)no1. The summed E-state index contributed by atoms with van der Waals surface area (Å²) in [6, 6.07) is 7.30. The highest BCUT2D eigenvalue weighted by molar-refractivity contribution is 5.99. The van der Waals surface area contributed by atoms with Crippen molar-refractivity contribution in [3.63, 3.8) is 0 Å². The van der Waals surface area contributed by atoms with Crippen molar-refractivity contribution in [2.24, 2.45) is 11.1 Å². The topological polar surface area (TPSA) is 85.2 Å². The number of benzene rings is 1. The molecule has 0 aliphatic carbocycles. The fraction of sp³-hybridized carbons (Fsp3) is 0.526. The van der Waals surface area contributed by atoms with Gasteiger partial charge in [0.25, 0.3) is 11.8 Å². The molecule has 2 rings (SSSR count). The van der Waals surface area contributed by atoms with Gasteiger partial charge in [-0.2, -0.15) is 4.98 Å². The van der Waals surface area contributed by atoms with Crippen LogP contribution in [0, 0.1) is 5.41 Å². The van der Waals surface area contributed by atoms with E-state index in [-0.39, 0.29) is 16.7 Å². The van der Waals surface area contributed by atoms with Gasteiger partial charge in [-0.1, -0.05) is 51.9 Å². The third-order valence-corrected chi connectivity index (χ3v) is 4.05. The number of rotatable bonds is 5. The van der Waals surface area contributed by atoms with E-state index in [0.717, 1.165) is 0 Å². The molecule has 136 valence electrons. The van der Waals surface area contributed by atoms with Gasteiger partial charge in [-0.25, -0.2) is 0 Å². The maximum atomic E-state index is 12.9. The lowest BCUT2D eigenvalue weighted by molar-refractivity contribution is 0.0741. The molecule has 2 N–H and O–H groups in total. The zero-order chi connectivity index (χ0) is 18.8. The van der Waals surface area contributed by atoms with Crippen LogP contribution in [0.15, 0.2) is 28.8 Å². The third kappa shape index (κ3) is 4.45. The minimum atomic E-state index is -0.220. The Morgan fingerprint density at radius 2 is 1.84 bits per heavy atom. The predicted molar refractivity (Wildman–Crippen MR) is 98.2 cm³/mol. The lowest BCUT2D eigenvalue weighted by atomic mass is 9.93. The van der Waals surface area contributed by atoms with Gasteiger partial charge in [-0.3, -0.25) is 4.79 Å². The number of carbonyl (C=O) groups excluding carboxylic acids is 1. The molecule has 0 atom stereocenters. The zero-order valence-electron chi connectivity index (χ0n) is 16.0. The van der Waals surface area contributed by atoms with E-state index >= 15 is 0 Å². The largest absolute Gasteiger partial charge is 0.341 e. The lowest BCUT2D eigenvalue weighted by Gasteiger charge is -2.29. The molecule has 1 heterocycles. The molecule has 0 bridgehead atoms. The van der Waals surface area contributed by atoms with Gasteiger partial charge in [0.15, 0.2) is 5.82 Å². The first-order valence-electron chi connectivity index (χ1n) is 8.44. The summed E-state index contributed by atoms with van der Waals surface area (Å²) in [6.07, 6.45) is 0. The highest BCUT2D eigenvalue weighted by atomic mass is 16.5. The molecule has 6 nitrogen and oxygen atoms in total. The molecular formula is C19H28N4O2. The normalized spacial score (nSPS) is 12.3. The second-order valence-corrected chi connectivity index (χ2v) is 8.25. The fourth-order valence-corrected chi connectivity index (χ4v) is 2.48. The second kappa shape index (κ2) is 6.96. The number of hydrogen-bond acceptors (Lipinski definition) is 5. The maximum Gasteiger partial charge on any atom is 0.258 e. The standard InChI is InChI=1S/C19H28N4O2/c1-18(2,3)17-21-15(25-22-17)13-9-7-8-10-14(13)16(24)23(6)12-19(4,5)11-20/h7-10H,11-12,20H2,1-6H3. The van der Waals surface area contributed by atoms with Gasteiger partial charge >= 0.3 is 0 Å². The summed E-state index contributed by atoms with van der Waals surface area (Å²) in [5, 5.41) is 4.05. The Hall–Kier alpha value is -2.21. The van der Waals surface area contributed by atoms with Crippen LogP contribution in [-0.4, -0.2) is 41.1 Å². The molecule has 1 aromatic heterocycles. The molecule has 0 unspecified atom stereocenters. The molecule has 0 aliphatic rings. The fourth-order valence-electron chi connectivity index (χ4n) is 2.48. The summed E-state index contributed by atoms with van der Waals surface area (Å²) < 4.78 is 5.42. The van der Waals surface area contributed by atoms with Crippen LogP contribution in [0.25, 0.3) is 11.5 Å². The first-order chi connectivity index (χ1) is 11.5. The Bertz CT molecular complexity index is 744. The Morgan fingerprint density at radius 1 is 1.20 bits per heavy atom. The summed E-state index contributed by atoms with van der Waals surface area (Å²) in [5.41, 5.74) is 6.61. The monoisotopic (exact) mass is 344 g/mol. The number of nitrogens with zero attached hydrogens (tertiary/aromatic N) is 3. The molecule has 1 aromatic carbocycles. The number of aromatic nitrogens is 2. The second-order valence-electron chi connectivity index (χ2n) is 8.25. The van der Waals surface area contributed by atoms with Crippen LogP contribution in [0.4, 0.5) is 0 Å². The Labute approximate surface area is 149 Å². The van der Waals surface area contributed by atoms with Crippen LogP contribution >= 0.6 is 0 Å². The Balaban J connectivity index is 2.35. The summed E-state index contributed by atoms with van der Waals surface area (Å²) in [4.78, 5) is 19.1. The molecule has 0 fully saturated rings. The van der Waals surface area contributed by atoms with Crippen molar-refractivity contribution in [1.82, 2.24) is 15.0 Å². The first-order valence-corrected chi connectivity index (χ1v) is 8.44. The third-order valence-electron chi connectivity index (χ3n) is 4.05. The van der Waals surface area contributed by atoms with E-state index in [0.29, 0.717) is 35.9 Å². The predicted octanol–water partition coefficient (Wildman–Crippen LogP) is 3.09. The quantitative estimate of drug-likeness (QED) is 0.901. The zero-order valence-corrected chi connectivity index (χ0v) is 16.0. The van der Waals surface area contributed by atoms with Crippen molar-refractivity contribution in [3.8, 4) is 11.5 Å². The molecule has 6 heteroatoms.